The Morgan fingerprint density at radius 1 is 0.974 bits per heavy atom. The van der Waals surface area contributed by atoms with Crippen LogP contribution in [-0.2, 0) is 9.59 Å². The first-order chi connectivity index (χ1) is 18.3. The quantitative estimate of drug-likeness (QED) is 0.298. The molecule has 1 aliphatic carbocycles. The highest BCUT2D eigenvalue weighted by atomic mass is 127. The molecule has 0 spiro atoms. The molecule has 2 amide bonds. The number of anilines is 1. The summed E-state index contributed by atoms with van der Waals surface area (Å²) in [5, 5.41) is 11.0. The van der Waals surface area contributed by atoms with Crippen LogP contribution in [0.5, 0.6) is 0 Å². The molecule has 2 aliphatic rings. The van der Waals surface area contributed by atoms with Crippen LogP contribution in [0.3, 0.4) is 0 Å². The third-order valence-electron chi connectivity index (χ3n) is 7.47. The minimum Gasteiger partial charge on any atom is -0.479 e. The maximum atomic E-state index is 14.6. The van der Waals surface area contributed by atoms with E-state index in [2.05, 4.69) is 22.6 Å². The lowest BCUT2D eigenvalue weighted by molar-refractivity contribution is -0.144. The van der Waals surface area contributed by atoms with Gasteiger partial charge in [0.2, 0.25) is 0 Å². The first-order valence-electron chi connectivity index (χ1n) is 12.8. The van der Waals surface area contributed by atoms with Crippen molar-refractivity contribution in [2.45, 2.75) is 44.2 Å². The number of halogens is 2. The number of nitrogens with zero attached hydrogens (tertiary/aromatic N) is 2. The second-order valence-corrected chi connectivity index (χ2v) is 11.6. The summed E-state index contributed by atoms with van der Waals surface area (Å²) in [6.45, 7) is 0.487. The maximum Gasteiger partial charge on any atom is 0.331 e. The largest absolute Gasteiger partial charge is 0.479 e. The van der Waals surface area contributed by atoms with Gasteiger partial charge in [0.25, 0.3) is 11.8 Å². The van der Waals surface area contributed by atoms with E-state index in [4.69, 9.17) is 11.6 Å². The van der Waals surface area contributed by atoms with Crippen molar-refractivity contribution in [3.63, 3.8) is 0 Å². The van der Waals surface area contributed by atoms with Gasteiger partial charge in [-0.1, -0.05) is 73.3 Å². The lowest BCUT2D eigenvalue weighted by Gasteiger charge is -2.36. The first-order valence-corrected chi connectivity index (χ1v) is 14.3. The van der Waals surface area contributed by atoms with Gasteiger partial charge in [-0.25, -0.2) is 4.79 Å². The number of benzene rings is 3. The van der Waals surface area contributed by atoms with Crippen molar-refractivity contribution in [2.75, 3.05) is 11.4 Å². The van der Waals surface area contributed by atoms with Crippen molar-refractivity contribution < 1.29 is 19.5 Å². The molecule has 1 fully saturated rings. The first kappa shape index (κ1) is 26.7. The predicted molar refractivity (Wildman–Crippen MR) is 155 cm³/mol. The van der Waals surface area contributed by atoms with E-state index in [1.54, 1.807) is 65.6 Å². The number of carboxylic acids is 1. The highest BCUT2D eigenvalue weighted by molar-refractivity contribution is 14.1. The summed E-state index contributed by atoms with van der Waals surface area (Å²) in [4.78, 5) is 44.8. The van der Waals surface area contributed by atoms with E-state index in [0.29, 0.717) is 39.9 Å². The van der Waals surface area contributed by atoms with Gasteiger partial charge in [-0.05, 0) is 82.8 Å². The topological polar surface area (TPSA) is 77.9 Å². The lowest BCUT2D eigenvalue weighted by atomic mass is 9.88. The number of hydrogen-bond donors (Lipinski definition) is 1. The summed E-state index contributed by atoms with van der Waals surface area (Å²) in [5.41, 5.74) is 1.81. The SMILES string of the molecule is O=C(O)C(c1ccccc1)N1C(=O)c2cc(I)ccc2N(CC2CCCCC2)C(=O)C1c1ccc(Cl)cc1. The Morgan fingerprint density at radius 3 is 2.32 bits per heavy atom. The Kier molecular flexibility index (Phi) is 8.04. The van der Waals surface area contributed by atoms with Crippen molar-refractivity contribution in [1.82, 2.24) is 4.90 Å². The molecule has 3 aromatic rings. The van der Waals surface area contributed by atoms with Crippen LogP contribution < -0.4 is 4.90 Å². The van der Waals surface area contributed by atoms with E-state index in [1.165, 1.54) is 11.3 Å². The summed E-state index contributed by atoms with van der Waals surface area (Å²) in [6.07, 6.45) is 5.47. The number of rotatable bonds is 6. The number of carbonyl (C=O) groups excluding carboxylic acids is 2. The van der Waals surface area contributed by atoms with Crippen LogP contribution in [0.25, 0.3) is 0 Å². The molecule has 1 heterocycles. The standard InChI is InChI=1S/C30H28ClIN2O4/c31-22-13-11-21(12-14-22)26-29(36)33(18-19-7-3-1-4-8-19)25-16-15-23(32)17-24(25)28(35)34(26)27(30(37)38)20-9-5-2-6-10-20/h2,5-6,9-17,19,26-27H,1,3-4,7-8,18H2,(H,37,38). The molecule has 38 heavy (non-hydrogen) atoms. The third kappa shape index (κ3) is 5.31. The molecule has 6 nitrogen and oxygen atoms in total. The molecule has 0 radical (unpaired) electrons. The number of amides is 2. The summed E-state index contributed by atoms with van der Waals surface area (Å²) in [7, 11) is 0. The fourth-order valence-corrected chi connectivity index (χ4v) is 6.26. The average Bonchev–Trinajstić information content (AvgIpc) is 3.00. The molecule has 5 rings (SSSR count). The molecule has 196 valence electrons. The molecule has 2 unspecified atom stereocenters. The predicted octanol–water partition coefficient (Wildman–Crippen LogP) is 6.88. The maximum absolute atomic E-state index is 14.6. The second kappa shape index (κ2) is 11.5. The minimum atomic E-state index is -1.37. The van der Waals surface area contributed by atoms with Gasteiger partial charge in [-0.2, -0.15) is 0 Å². The number of hydrogen-bond acceptors (Lipinski definition) is 3. The lowest BCUT2D eigenvalue weighted by Crippen LogP contribution is -2.47. The number of aliphatic carboxylic acids is 1. The Balaban J connectivity index is 1.72. The van der Waals surface area contributed by atoms with E-state index in [-0.39, 0.29) is 5.91 Å². The van der Waals surface area contributed by atoms with E-state index < -0.39 is 24.0 Å². The van der Waals surface area contributed by atoms with Crippen molar-refractivity contribution in [1.29, 1.82) is 0 Å². The zero-order valence-corrected chi connectivity index (χ0v) is 23.6. The molecule has 2 atom stereocenters. The van der Waals surface area contributed by atoms with Gasteiger partial charge in [0, 0.05) is 15.1 Å². The van der Waals surface area contributed by atoms with Crippen LogP contribution in [0.2, 0.25) is 5.02 Å². The van der Waals surface area contributed by atoms with Gasteiger partial charge >= 0.3 is 5.97 Å². The Bertz CT molecular complexity index is 1340. The molecule has 3 aromatic carbocycles. The summed E-state index contributed by atoms with van der Waals surface area (Å²) < 4.78 is 0.830. The molecule has 8 heteroatoms. The van der Waals surface area contributed by atoms with Gasteiger partial charge in [0.15, 0.2) is 6.04 Å². The number of carboxylic acid groups (broad SMARTS) is 1. The minimum absolute atomic E-state index is 0.312. The van der Waals surface area contributed by atoms with Gasteiger partial charge in [-0.3, -0.25) is 9.59 Å². The summed E-state index contributed by atoms with van der Waals surface area (Å²) in [6, 6.07) is 18.3. The van der Waals surface area contributed by atoms with Gasteiger partial charge in [-0.15, -0.1) is 0 Å². The fraction of sp³-hybridized carbons (Fsp3) is 0.300. The Hall–Kier alpha value is -2.91. The third-order valence-corrected chi connectivity index (χ3v) is 8.39. The summed E-state index contributed by atoms with van der Waals surface area (Å²) in [5.74, 6) is -1.69. The zero-order valence-electron chi connectivity index (χ0n) is 20.7. The van der Waals surface area contributed by atoms with Crippen LogP contribution in [0.1, 0.15) is 65.7 Å². The Morgan fingerprint density at radius 2 is 1.66 bits per heavy atom. The number of fused-ring (bicyclic) bond motifs is 1. The van der Waals surface area contributed by atoms with Crippen LogP contribution in [-0.4, -0.2) is 34.3 Å². The van der Waals surface area contributed by atoms with E-state index >= 15 is 0 Å². The van der Waals surface area contributed by atoms with E-state index in [0.717, 1.165) is 29.3 Å². The van der Waals surface area contributed by atoms with Crippen molar-refractivity contribution >= 4 is 57.7 Å². The molecular weight excluding hydrogens is 615 g/mol. The van der Waals surface area contributed by atoms with Crippen LogP contribution in [0, 0.1) is 9.49 Å². The smallest absolute Gasteiger partial charge is 0.331 e. The molecule has 1 aliphatic heterocycles. The van der Waals surface area contributed by atoms with Crippen LogP contribution >= 0.6 is 34.2 Å². The average molecular weight is 643 g/mol. The molecule has 1 saturated carbocycles. The van der Waals surface area contributed by atoms with Gasteiger partial charge < -0.3 is 14.9 Å². The van der Waals surface area contributed by atoms with Crippen molar-refractivity contribution in [3.05, 3.63) is 98.1 Å². The molecular formula is C30H28ClIN2O4. The summed E-state index contributed by atoms with van der Waals surface area (Å²) >= 11 is 8.31. The van der Waals surface area contributed by atoms with E-state index in [1.807, 2.05) is 12.1 Å². The monoisotopic (exact) mass is 642 g/mol. The normalized spacial score (nSPS) is 19.2. The molecule has 1 N–H and O–H groups in total. The molecule has 0 saturated heterocycles. The second-order valence-electron chi connectivity index (χ2n) is 9.93. The molecule has 0 aromatic heterocycles. The number of carbonyl (C=O) groups is 3. The zero-order chi connectivity index (χ0) is 26.8. The van der Waals surface area contributed by atoms with Crippen molar-refractivity contribution in [3.8, 4) is 0 Å². The van der Waals surface area contributed by atoms with E-state index in [9.17, 15) is 19.5 Å². The van der Waals surface area contributed by atoms with Crippen molar-refractivity contribution in [2.24, 2.45) is 5.92 Å². The van der Waals surface area contributed by atoms with Crippen LogP contribution in [0.15, 0.2) is 72.8 Å². The highest BCUT2D eigenvalue weighted by Crippen LogP contribution is 2.41. The van der Waals surface area contributed by atoms with Crippen LogP contribution in [0.4, 0.5) is 5.69 Å². The van der Waals surface area contributed by atoms with Gasteiger partial charge in [0.05, 0.1) is 11.3 Å². The fourth-order valence-electron chi connectivity index (χ4n) is 5.64. The van der Waals surface area contributed by atoms with Gasteiger partial charge in [0.1, 0.15) is 6.04 Å². The highest BCUT2D eigenvalue weighted by Gasteiger charge is 2.46. The Labute approximate surface area is 240 Å². The molecule has 0 bridgehead atoms.